The van der Waals surface area contributed by atoms with Crippen molar-refractivity contribution in [1.29, 1.82) is 5.26 Å². The summed E-state index contributed by atoms with van der Waals surface area (Å²) in [5.74, 6) is 1.09. The lowest BCUT2D eigenvalue weighted by Gasteiger charge is -2.12. The molecular weight excluding hydrogens is 334 g/mol. The minimum Gasteiger partial charge on any atom is -0.491 e. The van der Waals surface area contributed by atoms with Gasteiger partial charge < -0.3 is 9.84 Å². The quantitative estimate of drug-likeness (QED) is 0.686. The molecule has 0 aliphatic rings. The van der Waals surface area contributed by atoms with Gasteiger partial charge in [0.2, 0.25) is 0 Å². The highest BCUT2D eigenvalue weighted by Gasteiger charge is 2.10. The minimum absolute atomic E-state index is 0.180. The van der Waals surface area contributed by atoms with Crippen LogP contribution in [-0.4, -0.2) is 33.5 Å². The molecule has 126 valence electrons. The molecule has 5 nitrogen and oxygen atoms in total. The van der Waals surface area contributed by atoms with E-state index in [-0.39, 0.29) is 6.61 Å². The lowest BCUT2D eigenvalue weighted by Crippen LogP contribution is -2.20. The smallest absolute Gasteiger partial charge is 0.119 e. The van der Waals surface area contributed by atoms with E-state index in [1.165, 1.54) is 11.8 Å². The van der Waals surface area contributed by atoms with Gasteiger partial charge in [-0.2, -0.15) is 5.26 Å². The van der Waals surface area contributed by atoms with Gasteiger partial charge in [-0.3, -0.25) is 0 Å². The van der Waals surface area contributed by atoms with Gasteiger partial charge in [-0.1, -0.05) is 12.1 Å². The number of ether oxygens (including phenoxy) is 1. The number of nitriles is 1. The molecule has 2 aromatic carbocycles. The summed E-state index contributed by atoms with van der Waals surface area (Å²) in [6.07, 6.45) is -0.631. The van der Waals surface area contributed by atoms with Crippen LogP contribution < -0.4 is 4.74 Å². The van der Waals surface area contributed by atoms with Crippen LogP contribution in [0.2, 0.25) is 0 Å². The number of fused-ring (bicyclic) bond motifs is 1. The first-order valence-electron chi connectivity index (χ1n) is 7.83. The summed E-state index contributed by atoms with van der Waals surface area (Å²) >= 11 is 1.46. The van der Waals surface area contributed by atoms with Gasteiger partial charge in [-0.25, -0.2) is 9.97 Å². The maximum absolute atomic E-state index is 10.1. The van der Waals surface area contributed by atoms with E-state index in [1.807, 2.05) is 31.2 Å². The molecule has 0 spiro atoms. The number of thioether (sulfide) groups is 1. The Morgan fingerprint density at radius 2 is 1.80 bits per heavy atom. The fourth-order valence-corrected chi connectivity index (χ4v) is 3.11. The minimum atomic E-state index is -0.631. The Hall–Kier alpha value is -2.62. The van der Waals surface area contributed by atoms with Gasteiger partial charge in [-0.15, -0.1) is 11.8 Å². The van der Waals surface area contributed by atoms with Crippen molar-refractivity contribution in [2.45, 2.75) is 18.1 Å². The monoisotopic (exact) mass is 351 g/mol. The first kappa shape index (κ1) is 17.2. The van der Waals surface area contributed by atoms with Crippen LogP contribution in [0.3, 0.4) is 0 Å². The van der Waals surface area contributed by atoms with E-state index in [2.05, 4.69) is 16.0 Å². The molecule has 1 unspecified atom stereocenters. The van der Waals surface area contributed by atoms with Crippen LogP contribution in [0.25, 0.3) is 11.0 Å². The van der Waals surface area contributed by atoms with Gasteiger partial charge >= 0.3 is 0 Å². The molecule has 3 aromatic rings. The lowest BCUT2D eigenvalue weighted by atomic mass is 10.2. The van der Waals surface area contributed by atoms with E-state index >= 15 is 0 Å². The Balaban J connectivity index is 1.55. The van der Waals surface area contributed by atoms with Crippen molar-refractivity contribution in [1.82, 2.24) is 9.97 Å². The number of aromatic nitrogens is 2. The zero-order chi connectivity index (χ0) is 17.6. The molecule has 0 aliphatic heterocycles. The largest absolute Gasteiger partial charge is 0.491 e. The summed E-state index contributed by atoms with van der Waals surface area (Å²) in [6.45, 7) is 2.10. The van der Waals surface area contributed by atoms with E-state index in [0.29, 0.717) is 17.1 Å². The summed E-state index contributed by atoms with van der Waals surface area (Å²) in [6, 6.07) is 16.6. The van der Waals surface area contributed by atoms with E-state index < -0.39 is 6.10 Å². The summed E-state index contributed by atoms with van der Waals surface area (Å²) < 4.78 is 5.55. The van der Waals surface area contributed by atoms with Crippen molar-refractivity contribution in [3.8, 4) is 11.8 Å². The predicted molar refractivity (Wildman–Crippen MR) is 97.7 cm³/mol. The first-order chi connectivity index (χ1) is 12.2. The van der Waals surface area contributed by atoms with Crippen molar-refractivity contribution in [3.63, 3.8) is 0 Å². The second kappa shape index (κ2) is 7.97. The number of nitrogens with zero attached hydrogens (tertiary/aromatic N) is 3. The third-order valence-electron chi connectivity index (χ3n) is 3.54. The van der Waals surface area contributed by atoms with Crippen LogP contribution >= 0.6 is 11.8 Å². The maximum Gasteiger partial charge on any atom is 0.119 e. The van der Waals surface area contributed by atoms with Gasteiger partial charge in [-0.05, 0) is 43.3 Å². The number of benzene rings is 2. The van der Waals surface area contributed by atoms with Crippen molar-refractivity contribution in [2.24, 2.45) is 0 Å². The average molecular weight is 351 g/mol. The topological polar surface area (TPSA) is 79.0 Å². The Kier molecular flexibility index (Phi) is 5.49. The standard InChI is InChI=1S/C19H17N3O2S/c1-13-19(22-18-5-3-2-4-17(18)21-13)25-12-15(23)11-24-16-8-6-14(10-20)7-9-16/h2-9,15,23H,11-12H2,1H3. The molecule has 0 aliphatic carbocycles. The predicted octanol–water partition coefficient (Wildman–Crippen LogP) is 3.34. The van der Waals surface area contributed by atoms with E-state index in [9.17, 15) is 5.11 Å². The summed E-state index contributed by atoms with van der Waals surface area (Å²) in [5, 5.41) is 19.7. The molecule has 3 rings (SSSR count). The zero-order valence-electron chi connectivity index (χ0n) is 13.7. The van der Waals surface area contributed by atoms with Crippen LogP contribution in [0.5, 0.6) is 5.75 Å². The van der Waals surface area contributed by atoms with Gasteiger partial charge in [0.25, 0.3) is 0 Å². The molecule has 0 amide bonds. The van der Waals surface area contributed by atoms with Gasteiger partial charge in [0.15, 0.2) is 0 Å². The first-order valence-corrected chi connectivity index (χ1v) is 8.81. The summed E-state index contributed by atoms with van der Waals surface area (Å²) in [4.78, 5) is 9.14. The second-order valence-electron chi connectivity index (χ2n) is 5.51. The number of aliphatic hydroxyl groups excluding tert-OH is 1. The third kappa shape index (κ3) is 4.47. The molecule has 6 heteroatoms. The Labute approximate surface area is 150 Å². The van der Waals surface area contributed by atoms with Crippen LogP contribution in [-0.2, 0) is 0 Å². The molecule has 0 saturated heterocycles. The fourth-order valence-electron chi connectivity index (χ4n) is 2.25. The summed E-state index contributed by atoms with van der Waals surface area (Å²) in [5.41, 5.74) is 3.14. The highest BCUT2D eigenvalue weighted by atomic mass is 32.2. The SMILES string of the molecule is Cc1nc2ccccc2nc1SCC(O)COc1ccc(C#N)cc1. The molecule has 0 saturated carbocycles. The number of aliphatic hydroxyl groups is 1. The maximum atomic E-state index is 10.1. The van der Waals surface area contributed by atoms with Crippen LogP contribution in [0, 0.1) is 18.3 Å². The number of rotatable bonds is 6. The van der Waals surface area contributed by atoms with Crippen molar-refractivity contribution >= 4 is 22.8 Å². The molecule has 1 heterocycles. The lowest BCUT2D eigenvalue weighted by molar-refractivity contribution is 0.126. The average Bonchev–Trinajstić information content (AvgIpc) is 2.65. The number of aryl methyl sites for hydroxylation is 1. The van der Waals surface area contributed by atoms with Gasteiger partial charge in [0, 0.05) is 5.75 Å². The third-order valence-corrected chi connectivity index (χ3v) is 4.75. The van der Waals surface area contributed by atoms with Crippen LogP contribution in [0.15, 0.2) is 53.6 Å². The molecule has 1 atom stereocenters. The number of hydrogen-bond donors (Lipinski definition) is 1. The molecule has 25 heavy (non-hydrogen) atoms. The fraction of sp³-hybridized carbons (Fsp3) is 0.211. The van der Waals surface area contributed by atoms with Gasteiger partial charge in [0.05, 0.1) is 34.5 Å². The van der Waals surface area contributed by atoms with Crippen LogP contribution in [0.4, 0.5) is 0 Å². The Morgan fingerprint density at radius 3 is 2.48 bits per heavy atom. The Bertz CT molecular complexity index is 907. The molecular formula is C19H17N3O2S. The highest BCUT2D eigenvalue weighted by Crippen LogP contribution is 2.22. The molecule has 1 N–H and O–H groups in total. The molecule has 1 aromatic heterocycles. The Morgan fingerprint density at radius 1 is 1.12 bits per heavy atom. The normalized spacial score (nSPS) is 11.9. The van der Waals surface area contributed by atoms with E-state index in [1.54, 1.807) is 24.3 Å². The molecule has 0 radical (unpaired) electrons. The van der Waals surface area contributed by atoms with Crippen molar-refractivity contribution in [3.05, 3.63) is 59.8 Å². The van der Waals surface area contributed by atoms with E-state index in [4.69, 9.17) is 10.00 Å². The molecule has 0 bridgehead atoms. The zero-order valence-corrected chi connectivity index (χ0v) is 14.5. The van der Waals surface area contributed by atoms with Crippen molar-refractivity contribution in [2.75, 3.05) is 12.4 Å². The number of para-hydroxylation sites is 2. The number of hydrogen-bond acceptors (Lipinski definition) is 6. The van der Waals surface area contributed by atoms with Gasteiger partial charge in [0.1, 0.15) is 17.4 Å². The molecule has 0 fully saturated rings. The summed E-state index contributed by atoms with van der Waals surface area (Å²) in [7, 11) is 0. The second-order valence-corrected chi connectivity index (χ2v) is 6.52. The van der Waals surface area contributed by atoms with Crippen molar-refractivity contribution < 1.29 is 9.84 Å². The van der Waals surface area contributed by atoms with Crippen LogP contribution in [0.1, 0.15) is 11.3 Å². The highest BCUT2D eigenvalue weighted by molar-refractivity contribution is 7.99. The van der Waals surface area contributed by atoms with E-state index in [0.717, 1.165) is 21.8 Å².